The van der Waals surface area contributed by atoms with Crippen molar-refractivity contribution in [1.82, 2.24) is 10.1 Å². The fourth-order valence-corrected chi connectivity index (χ4v) is 2.89. The number of benzene rings is 2. The van der Waals surface area contributed by atoms with Gasteiger partial charge in [0, 0.05) is 11.3 Å². The molecule has 1 heterocycles. The van der Waals surface area contributed by atoms with Gasteiger partial charge in [0.05, 0.1) is 12.4 Å². The molecule has 7 heteroatoms. The Morgan fingerprint density at radius 1 is 0.958 bits per heavy atom. The molecule has 0 bridgehead atoms. The lowest BCUT2D eigenvalue weighted by Crippen LogP contribution is -1.88. The lowest BCUT2D eigenvalue weighted by atomic mass is 10.2. The molecule has 1 N–H and O–H groups in total. The van der Waals surface area contributed by atoms with E-state index in [-0.39, 0.29) is 12.4 Å². The predicted octanol–water partition coefficient (Wildman–Crippen LogP) is 3.94. The van der Waals surface area contributed by atoms with Crippen molar-refractivity contribution in [1.29, 1.82) is 0 Å². The molecule has 0 amide bonds. The molecule has 4 nitrogen and oxygen atoms in total. The van der Waals surface area contributed by atoms with Crippen LogP contribution in [-0.2, 0) is 18.1 Å². The number of aromatic nitrogens is 2. The molecule has 0 aliphatic rings. The molecular formula is C17H14F2N2O2S. The van der Waals surface area contributed by atoms with Crippen molar-refractivity contribution in [2.45, 2.75) is 18.1 Å². The van der Waals surface area contributed by atoms with E-state index >= 15 is 0 Å². The summed E-state index contributed by atoms with van der Waals surface area (Å²) in [5.41, 5.74) is 2.36. The summed E-state index contributed by atoms with van der Waals surface area (Å²) in [5.74, 6) is 0.0702. The highest BCUT2D eigenvalue weighted by molar-refractivity contribution is 7.97. The number of hydrogen-bond acceptors (Lipinski definition) is 5. The summed E-state index contributed by atoms with van der Waals surface area (Å²) in [6.45, 7) is 0.0299. The summed E-state index contributed by atoms with van der Waals surface area (Å²) in [5, 5.41) is 12.8. The van der Waals surface area contributed by atoms with Gasteiger partial charge in [-0.1, -0.05) is 29.4 Å². The van der Waals surface area contributed by atoms with Gasteiger partial charge < -0.3 is 9.63 Å². The van der Waals surface area contributed by atoms with Crippen LogP contribution < -0.4 is 0 Å². The number of nitrogens with zero attached hydrogens (tertiary/aromatic N) is 2. The highest BCUT2D eigenvalue weighted by Gasteiger charge is 2.11. The fraction of sp³-hybridized carbons (Fsp3) is 0.176. The zero-order valence-corrected chi connectivity index (χ0v) is 13.4. The van der Waals surface area contributed by atoms with Crippen LogP contribution in [0.1, 0.15) is 17.0 Å². The number of thioether (sulfide) groups is 1. The lowest BCUT2D eigenvalue weighted by Gasteiger charge is -2.01. The first-order chi connectivity index (χ1) is 11.7. The third-order valence-corrected chi connectivity index (χ3v) is 4.33. The Balaban J connectivity index is 1.58. The Bertz CT molecular complexity index is 822. The molecule has 0 spiro atoms. The van der Waals surface area contributed by atoms with Gasteiger partial charge in [0.2, 0.25) is 11.7 Å². The van der Waals surface area contributed by atoms with Gasteiger partial charge in [0.15, 0.2) is 11.6 Å². The molecule has 0 unspecified atom stereocenters. The van der Waals surface area contributed by atoms with E-state index in [2.05, 4.69) is 10.1 Å². The maximum absolute atomic E-state index is 13.2. The lowest BCUT2D eigenvalue weighted by molar-refractivity contribution is 0.282. The van der Waals surface area contributed by atoms with Crippen LogP contribution in [0.15, 0.2) is 47.0 Å². The summed E-state index contributed by atoms with van der Waals surface area (Å²) in [6, 6.07) is 11.2. The minimum atomic E-state index is -0.945. The van der Waals surface area contributed by atoms with E-state index in [0.717, 1.165) is 29.0 Å². The van der Waals surface area contributed by atoms with E-state index in [1.165, 1.54) is 6.07 Å². The van der Waals surface area contributed by atoms with E-state index < -0.39 is 11.6 Å². The second-order valence-corrected chi connectivity index (χ2v) is 6.09. The second-order valence-electron chi connectivity index (χ2n) is 5.11. The maximum Gasteiger partial charge on any atom is 0.236 e. The highest BCUT2D eigenvalue weighted by Crippen LogP contribution is 2.22. The Labute approximate surface area is 141 Å². The molecular weight excluding hydrogens is 334 g/mol. The minimum absolute atomic E-state index is 0.0299. The average molecular weight is 348 g/mol. The van der Waals surface area contributed by atoms with Gasteiger partial charge in [-0.25, -0.2) is 8.78 Å². The zero-order chi connectivity index (χ0) is 16.9. The quantitative estimate of drug-likeness (QED) is 0.731. The Morgan fingerprint density at radius 2 is 1.71 bits per heavy atom. The molecule has 3 rings (SSSR count). The molecule has 0 aliphatic heterocycles. The number of aliphatic hydroxyl groups excluding tert-OH is 1. The van der Waals surface area contributed by atoms with Crippen LogP contribution >= 0.6 is 11.8 Å². The first-order valence-corrected chi connectivity index (χ1v) is 8.35. The van der Waals surface area contributed by atoms with Crippen molar-refractivity contribution in [3.05, 3.63) is 71.1 Å². The third kappa shape index (κ3) is 3.98. The molecule has 2 aromatic carbocycles. The van der Waals surface area contributed by atoms with E-state index in [1.54, 1.807) is 11.8 Å². The first-order valence-electron chi connectivity index (χ1n) is 7.20. The van der Waals surface area contributed by atoms with Gasteiger partial charge >= 0.3 is 0 Å². The molecule has 0 atom stereocenters. The van der Waals surface area contributed by atoms with Crippen molar-refractivity contribution in [3.63, 3.8) is 0 Å². The average Bonchev–Trinajstić information content (AvgIpc) is 3.07. The van der Waals surface area contributed by atoms with Crippen LogP contribution in [0, 0.1) is 11.6 Å². The Morgan fingerprint density at radius 3 is 2.42 bits per heavy atom. The standard InChI is InChI=1S/C17H14F2N2O2S/c18-14-6-5-13(7-15(14)19)17-20-16(23-21-17)10-24-9-12-3-1-11(8-22)2-4-12/h1-7,22H,8-10H2. The minimum Gasteiger partial charge on any atom is -0.392 e. The van der Waals surface area contributed by atoms with Crippen molar-refractivity contribution in [3.8, 4) is 11.4 Å². The number of rotatable bonds is 6. The molecule has 0 fully saturated rings. The monoisotopic (exact) mass is 348 g/mol. The summed E-state index contributed by atoms with van der Waals surface area (Å²) >= 11 is 1.59. The fourth-order valence-electron chi connectivity index (χ4n) is 2.06. The molecule has 0 radical (unpaired) electrons. The summed E-state index contributed by atoms with van der Waals surface area (Å²) in [4.78, 5) is 4.19. The van der Waals surface area contributed by atoms with Gasteiger partial charge in [0.25, 0.3) is 0 Å². The van der Waals surface area contributed by atoms with Crippen LogP contribution in [0.5, 0.6) is 0 Å². The Hall–Kier alpha value is -2.25. The van der Waals surface area contributed by atoms with Gasteiger partial charge in [-0.2, -0.15) is 4.98 Å². The van der Waals surface area contributed by atoms with Gasteiger partial charge in [-0.15, -0.1) is 11.8 Å². The smallest absolute Gasteiger partial charge is 0.236 e. The summed E-state index contributed by atoms with van der Waals surface area (Å²) in [7, 11) is 0. The van der Waals surface area contributed by atoms with Crippen LogP contribution in [0.2, 0.25) is 0 Å². The van der Waals surface area contributed by atoms with E-state index in [1.807, 2.05) is 24.3 Å². The molecule has 124 valence electrons. The maximum atomic E-state index is 13.2. The van der Waals surface area contributed by atoms with Crippen molar-refractivity contribution < 1.29 is 18.4 Å². The molecule has 24 heavy (non-hydrogen) atoms. The van der Waals surface area contributed by atoms with Gasteiger partial charge in [-0.3, -0.25) is 0 Å². The van der Waals surface area contributed by atoms with E-state index in [4.69, 9.17) is 9.63 Å². The van der Waals surface area contributed by atoms with E-state index in [9.17, 15) is 8.78 Å². The first kappa shape index (κ1) is 16.6. The van der Waals surface area contributed by atoms with Crippen molar-refractivity contribution >= 4 is 11.8 Å². The highest BCUT2D eigenvalue weighted by atomic mass is 32.2. The molecule has 0 saturated heterocycles. The predicted molar refractivity (Wildman–Crippen MR) is 87.0 cm³/mol. The van der Waals surface area contributed by atoms with Crippen LogP contribution in [0.4, 0.5) is 8.78 Å². The van der Waals surface area contributed by atoms with E-state index in [0.29, 0.717) is 17.2 Å². The number of hydrogen-bond donors (Lipinski definition) is 1. The number of halogens is 2. The largest absolute Gasteiger partial charge is 0.392 e. The SMILES string of the molecule is OCc1ccc(CSCc2nc(-c3ccc(F)c(F)c3)no2)cc1. The molecule has 3 aromatic rings. The van der Waals surface area contributed by atoms with Gasteiger partial charge in [-0.05, 0) is 29.3 Å². The van der Waals surface area contributed by atoms with Crippen molar-refractivity contribution in [2.75, 3.05) is 0 Å². The second kappa shape index (κ2) is 7.55. The molecule has 1 aromatic heterocycles. The normalized spacial score (nSPS) is 11.0. The topological polar surface area (TPSA) is 59.2 Å². The molecule has 0 aliphatic carbocycles. The van der Waals surface area contributed by atoms with Gasteiger partial charge in [0.1, 0.15) is 0 Å². The van der Waals surface area contributed by atoms with Crippen molar-refractivity contribution in [2.24, 2.45) is 0 Å². The Kier molecular flexibility index (Phi) is 5.22. The third-order valence-electron chi connectivity index (χ3n) is 3.35. The summed E-state index contributed by atoms with van der Waals surface area (Å²) in [6.07, 6.45) is 0. The number of aliphatic hydroxyl groups is 1. The zero-order valence-electron chi connectivity index (χ0n) is 12.6. The molecule has 0 saturated carbocycles. The summed E-state index contributed by atoms with van der Waals surface area (Å²) < 4.78 is 31.3. The van der Waals surface area contributed by atoms with Crippen LogP contribution in [-0.4, -0.2) is 15.2 Å². The van der Waals surface area contributed by atoms with Crippen LogP contribution in [0.3, 0.4) is 0 Å². The van der Waals surface area contributed by atoms with Crippen LogP contribution in [0.25, 0.3) is 11.4 Å².